The van der Waals surface area contributed by atoms with E-state index in [9.17, 15) is 8.78 Å². The summed E-state index contributed by atoms with van der Waals surface area (Å²) in [4.78, 5) is 0. The van der Waals surface area contributed by atoms with Crippen molar-refractivity contribution in [1.29, 1.82) is 0 Å². The summed E-state index contributed by atoms with van der Waals surface area (Å²) in [6.07, 6.45) is 1.93. The van der Waals surface area contributed by atoms with Gasteiger partial charge in [0, 0.05) is 19.1 Å². The summed E-state index contributed by atoms with van der Waals surface area (Å²) >= 11 is 0. The van der Waals surface area contributed by atoms with E-state index in [1.165, 1.54) is 12.1 Å². The highest BCUT2D eigenvalue weighted by atomic mass is 19.2. The lowest BCUT2D eigenvalue weighted by atomic mass is 9.89. The van der Waals surface area contributed by atoms with Crippen LogP contribution < -0.4 is 5.32 Å². The number of rotatable bonds is 5. The van der Waals surface area contributed by atoms with Crippen LogP contribution in [0.1, 0.15) is 38.4 Å². The molecule has 2 unspecified atom stereocenters. The quantitative estimate of drug-likeness (QED) is 0.890. The Hall–Kier alpha value is -1.00. The van der Waals surface area contributed by atoms with E-state index >= 15 is 0 Å². The topological polar surface area (TPSA) is 21.3 Å². The Balaban J connectivity index is 2.03. The molecule has 1 aromatic carbocycles. The molecular weight excluding hydrogens is 260 g/mol. The Morgan fingerprint density at radius 3 is 2.80 bits per heavy atom. The van der Waals surface area contributed by atoms with Crippen molar-refractivity contribution < 1.29 is 13.5 Å². The molecule has 0 aromatic heterocycles. The third-order valence-corrected chi connectivity index (χ3v) is 3.68. The average Bonchev–Trinajstić information content (AvgIpc) is 2.42. The summed E-state index contributed by atoms with van der Waals surface area (Å²) in [5, 5.41) is 3.43. The first-order valence-corrected chi connectivity index (χ1v) is 7.35. The second-order valence-corrected chi connectivity index (χ2v) is 5.92. The van der Waals surface area contributed by atoms with E-state index in [4.69, 9.17) is 4.74 Å². The molecule has 0 radical (unpaired) electrons. The number of hydrogen-bond acceptors (Lipinski definition) is 2. The summed E-state index contributed by atoms with van der Waals surface area (Å²) in [6.45, 7) is 6.82. The first kappa shape index (κ1) is 15.4. The van der Waals surface area contributed by atoms with Gasteiger partial charge in [-0.3, -0.25) is 0 Å². The Kier molecular flexibility index (Phi) is 5.49. The van der Waals surface area contributed by atoms with Crippen molar-refractivity contribution in [3.8, 4) is 0 Å². The predicted molar refractivity (Wildman–Crippen MR) is 75.5 cm³/mol. The largest absolute Gasteiger partial charge is 0.373 e. The first-order valence-electron chi connectivity index (χ1n) is 7.35. The fourth-order valence-electron chi connectivity index (χ4n) is 2.67. The SMILES string of the molecule is CC(C)CNCC1CCCOC1c1ccc(F)c(F)c1. The third kappa shape index (κ3) is 4.00. The molecule has 112 valence electrons. The van der Waals surface area contributed by atoms with E-state index in [-0.39, 0.29) is 6.10 Å². The van der Waals surface area contributed by atoms with Gasteiger partial charge in [0.2, 0.25) is 0 Å². The van der Waals surface area contributed by atoms with Gasteiger partial charge in [0.15, 0.2) is 11.6 Å². The number of benzene rings is 1. The molecule has 4 heteroatoms. The molecule has 1 aromatic rings. The van der Waals surface area contributed by atoms with Gasteiger partial charge in [-0.2, -0.15) is 0 Å². The van der Waals surface area contributed by atoms with Gasteiger partial charge in [-0.1, -0.05) is 19.9 Å². The minimum absolute atomic E-state index is 0.140. The number of ether oxygens (including phenoxy) is 1. The highest BCUT2D eigenvalue weighted by Gasteiger charge is 2.27. The predicted octanol–water partition coefficient (Wildman–Crippen LogP) is 3.68. The lowest BCUT2D eigenvalue weighted by Gasteiger charge is -2.32. The molecule has 2 rings (SSSR count). The smallest absolute Gasteiger partial charge is 0.159 e. The van der Waals surface area contributed by atoms with Crippen molar-refractivity contribution in [3.05, 3.63) is 35.4 Å². The van der Waals surface area contributed by atoms with E-state index in [1.807, 2.05) is 0 Å². The van der Waals surface area contributed by atoms with Crippen molar-refractivity contribution in [3.63, 3.8) is 0 Å². The second-order valence-electron chi connectivity index (χ2n) is 5.92. The summed E-state index contributed by atoms with van der Waals surface area (Å²) in [5.74, 6) is -0.696. The monoisotopic (exact) mass is 283 g/mol. The van der Waals surface area contributed by atoms with Gasteiger partial charge >= 0.3 is 0 Å². The van der Waals surface area contributed by atoms with Crippen LogP contribution in [0.2, 0.25) is 0 Å². The standard InChI is InChI=1S/C16H23F2NO/c1-11(2)9-19-10-13-4-3-7-20-16(13)12-5-6-14(17)15(18)8-12/h5-6,8,11,13,16,19H,3-4,7,9-10H2,1-2H3. The van der Waals surface area contributed by atoms with Crippen molar-refractivity contribution in [2.24, 2.45) is 11.8 Å². The van der Waals surface area contributed by atoms with E-state index < -0.39 is 11.6 Å². The highest BCUT2D eigenvalue weighted by Crippen LogP contribution is 2.33. The highest BCUT2D eigenvalue weighted by molar-refractivity contribution is 5.21. The van der Waals surface area contributed by atoms with E-state index in [2.05, 4.69) is 19.2 Å². The van der Waals surface area contributed by atoms with Crippen LogP contribution in [0.15, 0.2) is 18.2 Å². The zero-order chi connectivity index (χ0) is 14.5. The van der Waals surface area contributed by atoms with Gasteiger partial charge in [-0.05, 0) is 43.0 Å². The molecule has 2 atom stereocenters. The zero-order valence-corrected chi connectivity index (χ0v) is 12.2. The maximum absolute atomic E-state index is 13.4. The van der Waals surface area contributed by atoms with E-state index in [0.717, 1.165) is 31.5 Å². The van der Waals surface area contributed by atoms with Gasteiger partial charge in [0.25, 0.3) is 0 Å². The van der Waals surface area contributed by atoms with Crippen LogP contribution in [0.25, 0.3) is 0 Å². The third-order valence-electron chi connectivity index (χ3n) is 3.68. The molecule has 0 saturated carbocycles. The van der Waals surface area contributed by atoms with Crippen molar-refractivity contribution in [2.45, 2.75) is 32.8 Å². The summed E-state index contributed by atoms with van der Waals surface area (Å²) < 4.78 is 32.2. The Bertz CT molecular complexity index is 436. The van der Waals surface area contributed by atoms with Gasteiger partial charge in [-0.15, -0.1) is 0 Å². The second kappa shape index (κ2) is 7.14. The minimum atomic E-state index is -0.806. The number of halogens is 2. The normalized spacial score (nSPS) is 23.2. The van der Waals surface area contributed by atoms with E-state index in [0.29, 0.717) is 18.4 Å². The van der Waals surface area contributed by atoms with Crippen LogP contribution in [0.4, 0.5) is 8.78 Å². The average molecular weight is 283 g/mol. The Morgan fingerprint density at radius 2 is 2.10 bits per heavy atom. The van der Waals surface area contributed by atoms with Crippen LogP contribution in [0.3, 0.4) is 0 Å². The van der Waals surface area contributed by atoms with Gasteiger partial charge in [0.05, 0.1) is 6.10 Å². The summed E-state index contributed by atoms with van der Waals surface area (Å²) in [6, 6.07) is 4.08. The molecule has 0 spiro atoms. The van der Waals surface area contributed by atoms with Crippen molar-refractivity contribution in [1.82, 2.24) is 5.32 Å². The number of hydrogen-bond donors (Lipinski definition) is 1. The van der Waals surface area contributed by atoms with Crippen LogP contribution in [0, 0.1) is 23.5 Å². The minimum Gasteiger partial charge on any atom is -0.373 e. The molecule has 0 bridgehead atoms. The molecule has 1 aliphatic rings. The fourth-order valence-corrected chi connectivity index (χ4v) is 2.67. The van der Waals surface area contributed by atoms with E-state index in [1.54, 1.807) is 6.07 Å². The molecule has 1 N–H and O–H groups in total. The lowest BCUT2D eigenvalue weighted by molar-refractivity contribution is -0.0280. The molecule has 2 nitrogen and oxygen atoms in total. The fraction of sp³-hybridized carbons (Fsp3) is 0.625. The molecule has 1 saturated heterocycles. The molecule has 0 amide bonds. The zero-order valence-electron chi connectivity index (χ0n) is 12.2. The molecule has 0 aliphatic carbocycles. The van der Waals surface area contributed by atoms with Crippen molar-refractivity contribution in [2.75, 3.05) is 19.7 Å². The summed E-state index contributed by atoms with van der Waals surface area (Å²) in [5.41, 5.74) is 0.736. The van der Waals surface area contributed by atoms with Crippen LogP contribution in [-0.2, 0) is 4.74 Å². The molecule has 1 fully saturated rings. The van der Waals surface area contributed by atoms with Crippen LogP contribution >= 0.6 is 0 Å². The first-order chi connectivity index (χ1) is 9.58. The summed E-state index contributed by atoms with van der Waals surface area (Å²) in [7, 11) is 0. The number of nitrogens with one attached hydrogen (secondary N) is 1. The Labute approximate surface area is 119 Å². The lowest BCUT2D eigenvalue weighted by Crippen LogP contribution is -2.33. The molecule has 1 heterocycles. The maximum atomic E-state index is 13.4. The molecule has 1 aliphatic heterocycles. The van der Waals surface area contributed by atoms with Gasteiger partial charge in [-0.25, -0.2) is 8.78 Å². The Morgan fingerprint density at radius 1 is 1.30 bits per heavy atom. The van der Waals surface area contributed by atoms with Gasteiger partial charge in [0.1, 0.15) is 0 Å². The van der Waals surface area contributed by atoms with Crippen LogP contribution in [0.5, 0.6) is 0 Å². The van der Waals surface area contributed by atoms with Crippen molar-refractivity contribution >= 4 is 0 Å². The molecule has 20 heavy (non-hydrogen) atoms. The maximum Gasteiger partial charge on any atom is 0.159 e. The van der Waals surface area contributed by atoms with Gasteiger partial charge < -0.3 is 10.1 Å². The molecular formula is C16H23F2NO. The van der Waals surface area contributed by atoms with Crippen LogP contribution in [-0.4, -0.2) is 19.7 Å².